The lowest BCUT2D eigenvalue weighted by molar-refractivity contribution is -0.140. The number of aromatic nitrogens is 2. The Labute approximate surface area is 98.3 Å². The first-order valence-electron chi connectivity index (χ1n) is 5.51. The van der Waals surface area contributed by atoms with Crippen LogP contribution in [0.5, 0.6) is 0 Å². The van der Waals surface area contributed by atoms with Crippen LogP contribution in [-0.4, -0.2) is 33.5 Å². The molecular formula is C10H15N3O2S. The predicted octanol–water partition coefficient (Wildman–Crippen LogP) is 1.40. The van der Waals surface area contributed by atoms with Gasteiger partial charge in [-0.15, -0.1) is 0 Å². The van der Waals surface area contributed by atoms with Crippen molar-refractivity contribution in [3.05, 3.63) is 5.82 Å². The molecule has 1 aromatic heterocycles. The number of nitrogens with zero attached hydrogens (tertiary/aromatic N) is 3. The molecule has 2 heterocycles. The highest BCUT2D eigenvalue weighted by Crippen LogP contribution is 2.25. The van der Waals surface area contributed by atoms with Crippen molar-refractivity contribution in [2.24, 2.45) is 5.92 Å². The molecule has 1 N–H and O–H groups in total. The fourth-order valence-corrected chi connectivity index (χ4v) is 2.58. The summed E-state index contributed by atoms with van der Waals surface area (Å²) >= 11 is 1.37. The maximum Gasteiger partial charge on any atom is 0.308 e. The van der Waals surface area contributed by atoms with E-state index in [9.17, 15) is 4.79 Å². The number of aliphatic carboxylic acids is 1. The summed E-state index contributed by atoms with van der Waals surface area (Å²) in [6.07, 6.45) is 2.64. The van der Waals surface area contributed by atoms with Crippen molar-refractivity contribution in [3.8, 4) is 0 Å². The Morgan fingerprint density at radius 3 is 3.12 bits per heavy atom. The number of hydrogen-bond acceptors (Lipinski definition) is 5. The number of carboxylic acids is 1. The van der Waals surface area contributed by atoms with Gasteiger partial charge in [-0.3, -0.25) is 4.79 Å². The van der Waals surface area contributed by atoms with Crippen LogP contribution in [0.3, 0.4) is 0 Å². The molecule has 1 atom stereocenters. The zero-order chi connectivity index (χ0) is 11.5. The SMILES string of the molecule is CCCc1nsc(N2CCC(C(=O)O)C2)n1. The Morgan fingerprint density at radius 1 is 1.69 bits per heavy atom. The zero-order valence-electron chi connectivity index (χ0n) is 9.22. The van der Waals surface area contributed by atoms with Gasteiger partial charge < -0.3 is 10.0 Å². The molecule has 0 radical (unpaired) electrons. The minimum atomic E-state index is -0.708. The summed E-state index contributed by atoms with van der Waals surface area (Å²) in [6.45, 7) is 3.44. The molecule has 5 nitrogen and oxygen atoms in total. The maximum absolute atomic E-state index is 10.8. The molecule has 88 valence electrons. The zero-order valence-corrected chi connectivity index (χ0v) is 10.0. The quantitative estimate of drug-likeness (QED) is 0.863. The molecule has 0 bridgehead atoms. The summed E-state index contributed by atoms with van der Waals surface area (Å²) in [5.41, 5.74) is 0. The predicted molar refractivity (Wildman–Crippen MR) is 61.9 cm³/mol. The molecule has 0 spiro atoms. The van der Waals surface area contributed by atoms with Crippen LogP contribution in [0, 0.1) is 5.92 Å². The monoisotopic (exact) mass is 241 g/mol. The fourth-order valence-electron chi connectivity index (χ4n) is 1.83. The summed E-state index contributed by atoms with van der Waals surface area (Å²) in [4.78, 5) is 17.3. The van der Waals surface area contributed by atoms with Gasteiger partial charge in [0.2, 0.25) is 5.13 Å². The fraction of sp³-hybridized carbons (Fsp3) is 0.700. The van der Waals surface area contributed by atoms with Crippen LogP contribution in [0.4, 0.5) is 5.13 Å². The molecule has 6 heteroatoms. The van der Waals surface area contributed by atoms with E-state index < -0.39 is 5.97 Å². The van der Waals surface area contributed by atoms with E-state index >= 15 is 0 Å². The van der Waals surface area contributed by atoms with Crippen molar-refractivity contribution < 1.29 is 9.90 Å². The van der Waals surface area contributed by atoms with Crippen LogP contribution in [-0.2, 0) is 11.2 Å². The molecule has 16 heavy (non-hydrogen) atoms. The van der Waals surface area contributed by atoms with Gasteiger partial charge in [0.1, 0.15) is 5.82 Å². The molecule has 0 amide bonds. The average molecular weight is 241 g/mol. The lowest BCUT2D eigenvalue weighted by Crippen LogP contribution is -2.22. The van der Waals surface area contributed by atoms with E-state index in [1.807, 2.05) is 4.90 Å². The number of hydrogen-bond donors (Lipinski definition) is 1. The molecule has 1 saturated heterocycles. The summed E-state index contributed by atoms with van der Waals surface area (Å²) in [7, 11) is 0. The smallest absolute Gasteiger partial charge is 0.308 e. The highest BCUT2D eigenvalue weighted by atomic mass is 32.1. The number of aryl methyl sites for hydroxylation is 1. The van der Waals surface area contributed by atoms with E-state index in [2.05, 4.69) is 16.3 Å². The average Bonchev–Trinajstić information content (AvgIpc) is 2.84. The van der Waals surface area contributed by atoms with Crippen molar-refractivity contribution in [3.63, 3.8) is 0 Å². The number of carboxylic acid groups (broad SMARTS) is 1. The number of rotatable bonds is 4. The van der Waals surface area contributed by atoms with Crippen LogP contribution in [0.2, 0.25) is 0 Å². The topological polar surface area (TPSA) is 66.3 Å². The minimum absolute atomic E-state index is 0.251. The Morgan fingerprint density at radius 2 is 2.50 bits per heavy atom. The first-order chi connectivity index (χ1) is 7.70. The maximum atomic E-state index is 10.8. The van der Waals surface area contributed by atoms with Gasteiger partial charge >= 0.3 is 5.97 Å². The van der Waals surface area contributed by atoms with E-state index in [0.717, 1.165) is 30.3 Å². The molecule has 1 unspecified atom stereocenters. The minimum Gasteiger partial charge on any atom is -0.481 e. The molecule has 2 rings (SSSR count). The standard InChI is InChI=1S/C10H15N3O2S/c1-2-3-8-11-10(16-12-8)13-5-4-7(6-13)9(14)15/h7H,2-6H2,1H3,(H,14,15). The van der Waals surface area contributed by atoms with Gasteiger partial charge in [-0.25, -0.2) is 4.98 Å². The lowest BCUT2D eigenvalue weighted by Gasteiger charge is -2.12. The Hall–Kier alpha value is -1.17. The van der Waals surface area contributed by atoms with E-state index in [1.54, 1.807) is 0 Å². The molecule has 1 fully saturated rings. The van der Waals surface area contributed by atoms with Crippen LogP contribution in [0.25, 0.3) is 0 Å². The number of anilines is 1. The van der Waals surface area contributed by atoms with Gasteiger partial charge in [0.25, 0.3) is 0 Å². The Kier molecular flexibility index (Phi) is 3.38. The van der Waals surface area contributed by atoms with E-state index in [0.29, 0.717) is 13.0 Å². The third-order valence-corrected chi connectivity index (χ3v) is 3.55. The van der Waals surface area contributed by atoms with E-state index in [-0.39, 0.29) is 5.92 Å². The summed E-state index contributed by atoms with van der Waals surface area (Å²) in [5.74, 6) is -0.0828. The Balaban J connectivity index is 2.00. The van der Waals surface area contributed by atoms with Gasteiger partial charge in [0.05, 0.1) is 5.92 Å². The second kappa shape index (κ2) is 4.78. The third-order valence-electron chi connectivity index (χ3n) is 2.74. The van der Waals surface area contributed by atoms with Crippen LogP contribution < -0.4 is 4.90 Å². The van der Waals surface area contributed by atoms with Gasteiger partial charge in [-0.05, 0) is 12.8 Å². The van der Waals surface area contributed by atoms with Crippen molar-refractivity contribution >= 4 is 22.6 Å². The van der Waals surface area contributed by atoms with Crippen molar-refractivity contribution in [2.45, 2.75) is 26.2 Å². The third kappa shape index (κ3) is 2.32. The molecule has 1 aromatic rings. The van der Waals surface area contributed by atoms with E-state index in [1.165, 1.54) is 11.5 Å². The first-order valence-corrected chi connectivity index (χ1v) is 6.28. The summed E-state index contributed by atoms with van der Waals surface area (Å²) in [6, 6.07) is 0. The first kappa shape index (κ1) is 11.3. The number of carbonyl (C=O) groups is 1. The summed E-state index contributed by atoms with van der Waals surface area (Å²) in [5, 5.41) is 9.78. The van der Waals surface area contributed by atoms with Crippen molar-refractivity contribution in [2.75, 3.05) is 18.0 Å². The highest BCUT2D eigenvalue weighted by molar-refractivity contribution is 7.09. The molecule has 1 aliphatic heterocycles. The van der Waals surface area contributed by atoms with Crippen LogP contribution in [0.1, 0.15) is 25.6 Å². The lowest BCUT2D eigenvalue weighted by atomic mass is 10.1. The van der Waals surface area contributed by atoms with Crippen LogP contribution in [0.15, 0.2) is 0 Å². The van der Waals surface area contributed by atoms with Gasteiger partial charge in [-0.2, -0.15) is 4.37 Å². The highest BCUT2D eigenvalue weighted by Gasteiger charge is 2.29. The molecule has 1 aliphatic rings. The second-order valence-electron chi connectivity index (χ2n) is 4.01. The largest absolute Gasteiger partial charge is 0.481 e. The Bertz CT molecular complexity index is 380. The molecule has 0 saturated carbocycles. The van der Waals surface area contributed by atoms with Crippen molar-refractivity contribution in [1.82, 2.24) is 9.36 Å². The van der Waals surface area contributed by atoms with Crippen LogP contribution >= 0.6 is 11.5 Å². The normalized spacial score (nSPS) is 20.3. The van der Waals surface area contributed by atoms with Gasteiger partial charge in [-0.1, -0.05) is 6.92 Å². The molecular weight excluding hydrogens is 226 g/mol. The van der Waals surface area contributed by atoms with Crippen molar-refractivity contribution in [1.29, 1.82) is 0 Å². The van der Waals surface area contributed by atoms with Gasteiger partial charge in [0.15, 0.2) is 0 Å². The summed E-state index contributed by atoms with van der Waals surface area (Å²) < 4.78 is 4.26. The molecule has 0 aliphatic carbocycles. The molecule has 0 aromatic carbocycles. The van der Waals surface area contributed by atoms with E-state index in [4.69, 9.17) is 5.11 Å². The second-order valence-corrected chi connectivity index (χ2v) is 4.74. The van der Waals surface area contributed by atoms with Gasteiger partial charge in [0, 0.05) is 31.0 Å².